The molecule has 0 radical (unpaired) electrons. The lowest BCUT2D eigenvalue weighted by Gasteiger charge is -2.36. The van der Waals surface area contributed by atoms with Gasteiger partial charge in [0, 0.05) is 49.2 Å². The van der Waals surface area contributed by atoms with E-state index in [1.807, 2.05) is 13.8 Å². The maximum atomic E-state index is 13.0. The number of phosphoric acid groups is 3. The minimum atomic E-state index is -5.60. The normalized spacial score (nSPS) is 24.7. The highest BCUT2D eigenvalue weighted by molar-refractivity contribution is 8.14. The van der Waals surface area contributed by atoms with Crippen LogP contribution in [0.1, 0.15) is 66.5 Å². The van der Waals surface area contributed by atoms with Crippen LogP contribution in [0.15, 0.2) is 24.3 Å². The number of imidazole rings is 1. The summed E-state index contributed by atoms with van der Waals surface area (Å²) >= 11 is 0.960. The van der Waals surface area contributed by atoms with Crippen LogP contribution in [-0.2, 0) is 60.2 Å². The first-order valence-corrected chi connectivity index (χ1v) is 26.1. The molecule has 2 aromatic heterocycles. The van der Waals surface area contributed by atoms with Crippen molar-refractivity contribution >= 4 is 75.0 Å². The third kappa shape index (κ3) is 16.4. The summed E-state index contributed by atoms with van der Waals surface area (Å²) in [5.41, 5.74) is 11.0. The number of ether oxygens (including phenoxy) is 2. The largest absolute Gasteiger partial charge is 0.481 e. The van der Waals surface area contributed by atoms with Gasteiger partial charge < -0.3 is 66.7 Å². The zero-order valence-corrected chi connectivity index (χ0v) is 40.5. The third-order valence-electron chi connectivity index (χ3n) is 10.3. The second kappa shape index (κ2) is 24.0. The number of rotatable bonds is 25. The van der Waals surface area contributed by atoms with Gasteiger partial charge in [-0.25, -0.2) is 28.6 Å². The van der Waals surface area contributed by atoms with Crippen LogP contribution in [0.4, 0.5) is 5.82 Å². The number of aliphatic hydroxyl groups is 2. The lowest BCUT2D eigenvalue weighted by molar-refractivity contribution is -0.137. The number of phosphoric ester groups is 3. The number of nitrogens with one attached hydrogen (secondary N) is 3. The fourth-order valence-electron chi connectivity index (χ4n) is 6.76. The van der Waals surface area contributed by atoms with Crippen LogP contribution in [0, 0.1) is 5.41 Å². The molecule has 0 spiro atoms. The predicted octanol–water partition coefficient (Wildman–Crippen LogP) is -0.599. The van der Waals surface area contributed by atoms with Crippen LogP contribution < -0.4 is 27.4 Å². The van der Waals surface area contributed by atoms with Gasteiger partial charge in [0.05, 0.1) is 37.8 Å². The summed E-state index contributed by atoms with van der Waals surface area (Å²) < 4.78 is 68.6. The third-order valence-corrected chi connectivity index (χ3v) is 14.3. The molecule has 4 rings (SSSR count). The Morgan fingerprint density at radius 2 is 1.70 bits per heavy atom. The summed E-state index contributed by atoms with van der Waals surface area (Å²) in [6.45, 7) is 5.56. The predicted molar refractivity (Wildman–Crippen MR) is 235 cm³/mol. The van der Waals surface area contributed by atoms with Crippen molar-refractivity contribution in [2.45, 2.75) is 115 Å². The van der Waals surface area contributed by atoms with Gasteiger partial charge in [0.25, 0.3) is 0 Å². The second-order valence-electron chi connectivity index (χ2n) is 16.0. The van der Waals surface area contributed by atoms with Crippen LogP contribution in [0.2, 0.25) is 0 Å². The summed E-state index contributed by atoms with van der Waals surface area (Å²) in [5, 5.41) is 29.1. The van der Waals surface area contributed by atoms with Crippen LogP contribution >= 0.6 is 35.2 Å². The van der Waals surface area contributed by atoms with Gasteiger partial charge in [0.2, 0.25) is 22.8 Å². The molecule has 32 heteroatoms. The molecule has 2 aliphatic rings. The van der Waals surface area contributed by atoms with E-state index in [2.05, 4.69) is 39.7 Å². The van der Waals surface area contributed by atoms with Gasteiger partial charge in [0.1, 0.15) is 36.3 Å². The monoisotopic (exact) mass is 1030 g/mol. The molecule has 1 saturated heterocycles. The minimum absolute atomic E-state index is 0.0205. The molecule has 378 valence electrons. The molecule has 3 amide bonds. The van der Waals surface area contributed by atoms with E-state index in [0.717, 1.165) is 41.8 Å². The number of fused-ring (bicyclic) bond motifs is 1. The van der Waals surface area contributed by atoms with Gasteiger partial charge in [-0.2, -0.15) is 4.31 Å². The van der Waals surface area contributed by atoms with Gasteiger partial charge in [-0.15, -0.1) is 0 Å². The van der Waals surface area contributed by atoms with Gasteiger partial charge in [-0.1, -0.05) is 39.5 Å². The number of nitrogens with two attached hydrogens (primary N) is 2. The number of anilines is 1. The molecule has 1 fully saturated rings. The number of amides is 3. The van der Waals surface area contributed by atoms with E-state index in [-0.39, 0.29) is 65.8 Å². The van der Waals surface area contributed by atoms with Crippen molar-refractivity contribution < 1.29 is 90.0 Å². The number of carbonyl (C=O) groups excluding carboxylic acids is 4. The van der Waals surface area contributed by atoms with Crippen molar-refractivity contribution in [2.75, 3.05) is 37.8 Å². The molecule has 3 heterocycles. The highest BCUT2D eigenvalue weighted by atomic mass is 32.2. The summed E-state index contributed by atoms with van der Waals surface area (Å²) in [4.78, 5) is 101. The Labute approximate surface area is 388 Å². The van der Waals surface area contributed by atoms with Crippen molar-refractivity contribution in [2.24, 2.45) is 11.1 Å². The SMILES string of the molecule is CCC(CC)OC1C=C(C(=O)SCCNC(=O)CCNC(=O)C(O)C(C)(C)COP(=O)(O)OP(=O)(O)OCC2OC(n3cnc4c(N)ncnc43)C(O)C2OP(=O)(O)O)CC(N)C1NC(C)=O. The Bertz CT molecular complexity index is 2250. The Morgan fingerprint density at radius 3 is 2.34 bits per heavy atom. The zero-order valence-electron chi connectivity index (χ0n) is 37.0. The first kappa shape index (κ1) is 56.3. The maximum absolute atomic E-state index is 13.0. The number of thioether (sulfide) groups is 1. The maximum Gasteiger partial charge on any atom is 0.481 e. The topological polar surface area (TPSA) is 428 Å². The molecule has 0 aromatic carbocycles. The molecule has 67 heavy (non-hydrogen) atoms. The van der Waals surface area contributed by atoms with E-state index in [9.17, 15) is 62.7 Å². The lowest BCUT2D eigenvalue weighted by atomic mass is 9.87. The molecule has 28 nitrogen and oxygen atoms in total. The molecule has 13 N–H and O–H groups in total. The smallest absolute Gasteiger partial charge is 0.386 e. The van der Waals surface area contributed by atoms with Crippen molar-refractivity contribution in [3.05, 3.63) is 24.3 Å². The number of hydrogen-bond donors (Lipinski definition) is 11. The molecular formula is C35H58N9O19P3S. The van der Waals surface area contributed by atoms with Crippen molar-refractivity contribution in [1.82, 2.24) is 35.5 Å². The van der Waals surface area contributed by atoms with E-state index in [0.29, 0.717) is 5.57 Å². The molecule has 10 unspecified atom stereocenters. The van der Waals surface area contributed by atoms with Gasteiger partial charge in [0.15, 0.2) is 17.7 Å². The Kier molecular flexibility index (Phi) is 20.2. The number of carbonyl (C=O) groups is 4. The van der Waals surface area contributed by atoms with E-state index in [4.69, 9.17) is 30.0 Å². The summed E-state index contributed by atoms with van der Waals surface area (Å²) in [5.74, 6) is -1.63. The number of nitrogen functional groups attached to an aromatic ring is 1. The standard InChI is InChI=1S/C35H58N9O19P3S/c1-6-20(7-2)60-22-13-19(12-21(36)25(22)43-18(3)45)34(50)67-11-10-38-24(46)8-9-39-32(49)29(48)35(4,5)15-59-66(56,57)63-65(54,55)58-14-23-28(62-64(51,52)53)27(47)33(61-23)44-17-42-26-30(37)40-16-41-31(26)44/h13,16-17,20-23,25,27-29,33,47-48H,6-12,14-15,36H2,1-5H3,(H,38,46)(H,39,49)(H,43,45)(H,54,55)(H,56,57)(H2,37,40,41)(H2,51,52,53). The average Bonchev–Trinajstić information content (AvgIpc) is 3.80. The molecule has 1 aliphatic heterocycles. The summed E-state index contributed by atoms with van der Waals surface area (Å²) in [6, 6.07) is -1.08. The Hall–Kier alpha value is -3.31. The number of aliphatic hydroxyl groups excluding tert-OH is 2. The number of hydrogen-bond acceptors (Lipinski definition) is 21. The van der Waals surface area contributed by atoms with E-state index >= 15 is 0 Å². The van der Waals surface area contributed by atoms with Crippen molar-refractivity contribution in [1.29, 1.82) is 0 Å². The van der Waals surface area contributed by atoms with Gasteiger partial charge >= 0.3 is 23.5 Å². The van der Waals surface area contributed by atoms with E-state index in [1.54, 1.807) is 6.08 Å². The molecule has 10 atom stereocenters. The Balaban J connectivity index is 1.21. The van der Waals surface area contributed by atoms with Crippen molar-refractivity contribution in [3.8, 4) is 0 Å². The van der Waals surface area contributed by atoms with Gasteiger partial charge in [-0.05, 0) is 25.3 Å². The first-order chi connectivity index (χ1) is 31.2. The van der Waals surface area contributed by atoms with Gasteiger partial charge in [-0.3, -0.25) is 37.3 Å². The Morgan fingerprint density at radius 1 is 1.03 bits per heavy atom. The van der Waals surface area contributed by atoms with Crippen LogP contribution in [0.25, 0.3) is 11.2 Å². The average molecular weight is 1030 g/mol. The molecular weight excluding hydrogens is 975 g/mol. The molecule has 2 aromatic rings. The van der Waals surface area contributed by atoms with Crippen molar-refractivity contribution in [3.63, 3.8) is 0 Å². The van der Waals surface area contributed by atoms with E-state index in [1.165, 1.54) is 20.8 Å². The van der Waals surface area contributed by atoms with Crippen LogP contribution in [0.3, 0.4) is 0 Å². The fraction of sp³-hybridized carbons (Fsp3) is 0.686. The fourth-order valence-corrected chi connectivity index (χ4v) is 10.3. The van der Waals surface area contributed by atoms with Crippen LogP contribution in [0.5, 0.6) is 0 Å². The molecule has 1 aliphatic carbocycles. The van der Waals surface area contributed by atoms with E-state index < -0.39 is 103 Å². The lowest BCUT2D eigenvalue weighted by Crippen LogP contribution is -2.57. The quantitative estimate of drug-likeness (QED) is 0.0437. The highest BCUT2D eigenvalue weighted by Gasteiger charge is 2.50. The first-order valence-electron chi connectivity index (χ1n) is 20.6. The highest BCUT2D eigenvalue weighted by Crippen LogP contribution is 2.61. The molecule has 0 saturated carbocycles. The van der Waals surface area contributed by atoms with Crippen LogP contribution in [-0.4, -0.2) is 153 Å². The minimum Gasteiger partial charge on any atom is -0.386 e. The summed E-state index contributed by atoms with van der Waals surface area (Å²) in [6.07, 6.45) is -4.46. The second-order valence-corrected chi connectivity index (χ2v) is 21.3. The number of nitrogens with zero attached hydrogens (tertiary/aromatic N) is 4. The zero-order chi connectivity index (χ0) is 50.1. The molecule has 0 bridgehead atoms. The number of aromatic nitrogens is 4. The summed E-state index contributed by atoms with van der Waals surface area (Å²) in [7, 11) is -16.5.